The molecular weight excluding hydrogens is 520 g/mol. The van der Waals surface area contributed by atoms with Gasteiger partial charge < -0.3 is 14.2 Å². The number of hydrogen-bond acceptors (Lipinski definition) is 4. The monoisotopic (exact) mass is 576 g/mol. The van der Waals surface area contributed by atoms with Crippen molar-refractivity contribution in [2.45, 2.75) is 123 Å². The van der Waals surface area contributed by atoms with Crippen LogP contribution in [0.3, 0.4) is 0 Å². The molecule has 4 nitrogen and oxygen atoms in total. The van der Waals surface area contributed by atoms with Gasteiger partial charge in [-0.1, -0.05) is 77.0 Å². The van der Waals surface area contributed by atoms with Gasteiger partial charge in [-0.25, -0.2) is 4.79 Å². The summed E-state index contributed by atoms with van der Waals surface area (Å²) in [6.45, 7) is 7.54. The van der Waals surface area contributed by atoms with Gasteiger partial charge in [0.2, 0.25) is 0 Å². The third kappa shape index (κ3) is 6.34. The molecule has 4 heteroatoms. The molecule has 0 aliphatic heterocycles. The van der Waals surface area contributed by atoms with Crippen molar-refractivity contribution in [2.24, 2.45) is 34.5 Å². The van der Waals surface area contributed by atoms with E-state index in [1.165, 1.54) is 77.0 Å². The van der Waals surface area contributed by atoms with Gasteiger partial charge in [0, 0.05) is 12.5 Å². The average Bonchev–Trinajstić information content (AvgIpc) is 3.33. The van der Waals surface area contributed by atoms with Gasteiger partial charge in [-0.3, -0.25) is 0 Å². The fourth-order valence-electron chi connectivity index (χ4n) is 9.81. The van der Waals surface area contributed by atoms with Crippen molar-refractivity contribution in [2.75, 3.05) is 14.2 Å². The van der Waals surface area contributed by atoms with Gasteiger partial charge in [0.1, 0.15) is 6.10 Å². The van der Waals surface area contributed by atoms with Gasteiger partial charge in [0.05, 0.1) is 14.2 Å². The summed E-state index contributed by atoms with van der Waals surface area (Å²) in [6.07, 6.45) is 25.8. The zero-order valence-electron chi connectivity index (χ0n) is 27.1. The first-order chi connectivity index (χ1) is 20.3. The van der Waals surface area contributed by atoms with Gasteiger partial charge >= 0.3 is 5.97 Å². The third-order valence-electron chi connectivity index (χ3n) is 12.3. The first-order valence-electron chi connectivity index (χ1n) is 17.1. The fourth-order valence-corrected chi connectivity index (χ4v) is 9.81. The van der Waals surface area contributed by atoms with Crippen LogP contribution < -0.4 is 9.47 Å². The first-order valence-corrected chi connectivity index (χ1v) is 17.1. The Morgan fingerprint density at radius 1 is 0.929 bits per heavy atom. The maximum absolute atomic E-state index is 12.8. The molecule has 0 saturated heterocycles. The first kappa shape index (κ1) is 31.2. The van der Waals surface area contributed by atoms with E-state index in [2.05, 4.69) is 26.8 Å². The SMILES string of the molecule is CCCCCCCCC1CCC2C3CC=C4C[C@@H](OC(=O)C=Cc5ccc(OC)c(OC)c5)CC[C@]4(C)C3CC[C@]12C. The Hall–Kier alpha value is -2.23. The molecule has 0 heterocycles. The summed E-state index contributed by atoms with van der Waals surface area (Å²) in [6, 6.07) is 5.63. The summed E-state index contributed by atoms with van der Waals surface area (Å²) in [5.74, 6) is 4.54. The topological polar surface area (TPSA) is 44.8 Å². The lowest BCUT2D eigenvalue weighted by molar-refractivity contribution is -0.145. The summed E-state index contributed by atoms with van der Waals surface area (Å²) < 4.78 is 16.7. The fraction of sp³-hybridized carbons (Fsp3) is 0.711. The number of esters is 1. The molecule has 0 aromatic heterocycles. The number of carbonyl (C=O) groups excluding carboxylic acids is 1. The summed E-state index contributed by atoms with van der Waals surface area (Å²) in [4.78, 5) is 12.8. The minimum absolute atomic E-state index is 0.0227. The van der Waals surface area contributed by atoms with E-state index >= 15 is 0 Å². The number of carbonyl (C=O) groups is 1. The highest BCUT2D eigenvalue weighted by atomic mass is 16.5. The van der Waals surface area contributed by atoms with E-state index < -0.39 is 0 Å². The molecule has 0 N–H and O–H groups in total. The molecule has 0 radical (unpaired) electrons. The summed E-state index contributed by atoms with van der Waals surface area (Å²) >= 11 is 0. The zero-order valence-corrected chi connectivity index (χ0v) is 27.1. The molecule has 42 heavy (non-hydrogen) atoms. The molecule has 4 aliphatic carbocycles. The van der Waals surface area contributed by atoms with Crippen LogP contribution in [0.2, 0.25) is 0 Å². The van der Waals surface area contributed by atoms with Gasteiger partial charge in [0.15, 0.2) is 11.5 Å². The number of unbranched alkanes of at least 4 members (excludes halogenated alkanes) is 5. The molecule has 1 aromatic rings. The Morgan fingerprint density at radius 3 is 2.50 bits per heavy atom. The van der Waals surface area contributed by atoms with E-state index in [1.54, 1.807) is 31.9 Å². The molecule has 232 valence electrons. The van der Waals surface area contributed by atoms with Crippen LogP contribution in [0.4, 0.5) is 0 Å². The molecule has 7 atom stereocenters. The lowest BCUT2D eigenvalue weighted by atomic mass is 9.47. The average molecular weight is 577 g/mol. The smallest absolute Gasteiger partial charge is 0.331 e. The van der Waals surface area contributed by atoms with Crippen molar-refractivity contribution >= 4 is 12.0 Å². The number of ether oxygens (including phenoxy) is 3. The second kappa shape index (κ2) is 13.6. The van der Waals surface area contributed by atoms with Crippen molar-refractivity contribution in [1.29, 1.82) is 0 Å². The van der Waals surface area contributed by atoms with Crippen molar-refractivity contribution in [3.63, 3.8) is 0 Å². The highest BCUT2D eigenvalue weighted by Gasteiger charge is 2.58. The molecule has 5 rings (SSSR count). The van der Waals surface area contributed by atoms with Crippen LogP contribution >= 0.6 is 0 Å². The third-order valence-corrected chi connectivity index (χ3v) is 12.3. The van der Waals surface area contributed by atoms with Crippen LogP contribution in [0.5, 0.6) is 11.5 Å². The van der Waals surface area contributed by atoms with Crippen LogP contribution in [0.25, 0.3) is 6.08 Å². The van der Waals surface area contributed by atoms with Gasteiger partial charge in [-0.2, -0.15) is 0 Å². The van der Waals surface area contributed by atoms with Crippen LogP contribution in [0.15, 0.2) is 35.9 Å². The molecule has 3 saturated carbocycles. The van der Waals surface area contributed by atoms with E-state index in [0.717, 1.165) is 48.5 Å². The molecule has 1 aromatic carbocycles. The summed E-state index contributed by atoms with van der Waals surface area (Å²) in [7, 11) is 3.24. The number of hydrogen-bond donors (Lipinski definition) is 0. The molecule has 4 aliphatic rings. The summed E-state index contributed by atoms with van der Waals surface area (Å²) in [5, 5.41) is 0. The van der Waals surface area contributed by atoms with Gasteiger partial charge in [-0.15, -0.1) is 0 Å². The largest absolute Gasteiger partial charge is 0.493 e. The molecule has 0 amide bonds. The Labute approximate surface area is 255 Å². The van der Waals surface area contributed by atoms with E-state index in [4.69, 9.17) is 14.2 Å². The zero-order chi connectivity index (χ0) is 29.7. The van der Waals surface area contributed by atoms with E-state index in [1.807, 2.05) is 18.2 Å². The Bertz CT molecular complexity index is 1140. The number of benzene rings is 1. The second-order valence-electron chi connectivity index (χ2n) is 14.4. The number of rotatable bonds is 12. The molecule has 0 spiro atoms. The standard InChI is InChI=1S/C38H56O4/c1-6-7-8-9-10-11-12-28-16-18-32-31-17-15-29-26-30(21-23-38(29,3)33(31)22-24-37(28,32)2)42-36(39)20-14-27-13-19-34(40-4)35(25-27)41-5/h13-15,19-20,25,28,30-33H,6-12,16-18,21-24,26H2,1-5H3/t28?,30-,31?,32?,33?,37+,38-/m0/s1. The van der Waals surface area contributed by atoms with E-state index in [-0.39, 0.29) is 17.5 Å². The van der Waals surface area contributed by atoms with Gasteiger partial charge in [0.25, 0.3) is 0 Å². The maximum Gasteiger partial charge on any atom is 0.331 e. The molecular formula is C38H56O4. The van der Waals surface area contributed by atoms with Crippen LogP contribution in [0, 0.1) is 34.5 Å². The second-order valence-corrected chi connectivity index (χ2v) is 14.4. The maximum atomic E-state index is 12.8. The Morgan fingerprint density at radius 2 is 1.71 bits per heavy atom. The van der Waals surface area contributed by atoms with Crippen LogP contribution in [-0.4, -0.2) is 26.3 Å². The van der Waals surface area contributed by atoms with Gasteiger partial charge in [-0.05, 0) is 110 Å². The minimum atomic E-state index is -0.261. The highest BCUT2D eigenvalue weighted by molar-refractivity contribution is 5.87. The van der Waals surface area contributed by atoms with E-state index in [0.29, 0.717) is 16.9 Å². The predicted octanol–water partition coefficient (Wildman–Crippen LogP) is 9.96. The minimum Gasteiger partial charge on any atom is -0.493 e. The summed E-state index contributed by atoms with van der Waals surface area (Å²) in [5.41, 5.74) is 3.29. The lowest BCUT2D eigenvalue weighted by Gasteiger charge is -2.58. The molecule has 3 fully saturated rings. The number of allylic oxidation sites excluding steroid dienone is 1. The van der Waals surface area contributed by atoms with Crippen LogP contribution in [0.1, 0.15) is 123 Å². The van der Waals surface area contributed by atoms with E-state index in [9.17, 15) is 4.79 Å². The normalized spacial score (nSPS) is 33.8. The number of fused-ring (bicyclic) bond motifs is 5. The molecule has 0 bridgehead atoms. The Kier molecular flexibility index (Phi) is 10.1. The van der Waals surface area contributed by atoms with Crippen molar-refractivity contribution in [3.8, 4) is 11.5 Å². The molecule has 4 unspecified atom stereocenters. The Balaban J connectivity index is 1.16. The van der Waals surface area contributed by atoms with Crippen molar-refractivity contribution < 1.29 is 19.0 Å². The quantitative estimate of drug-likeness (QED) is 0.107. The number of methoxy groups -OCH3 is 2. The predicted molar refractivity (Wildman–Crippen MR) is 172 cm³/mol. The van der Waals surface area contributed by atoms with Crippen molar-refractivity contribution in [1.82, 2.24) is 0 Å². The lowest BCUT2D eigenvalue weighted by Crippen LogP contribution is -2.50. The van der Waals surface area contributed by atoms with Crippen LogP contribution in [-0.2, 0) is 9.53 Å². The highest BCUT2D eigenvalue weighted by Crippen LogP contribution is 2.66. The van der Waals surface area contributed by atoms with Crippen molar-refractivity contribution in [3.05, 3.63) is 41.5 Å².